The van der Waals surface area contributed by atoms with E-state index >= 15 is 0 Å². The largest absolute Gasteiger partial charge is 0.677 e. The first-order valence-corrected chi connectivity index (χ1v) is 10.4. The summed E-state index contributed by atoms with van der Waals surface area (Å²) in [4.78, 5) is 10.4. The van der Waals surface area contributed by atoms with Crippen molar-refractivity contribution in [2.75, 3.05) is 0 Å². The van der Waals surface area contributed by atoms with Crippen molar-refractivity contribution in [1.29, 1.82) is 0 Å². The van der Waals surface area contributed by atoms with Crippen molar-refractivity contribution in [3.63, 3.8) is 0 Å². The normalized spacial score (nSPS) is 15.2. The summed E-state index contributed by atoms with van der Waals surface area (Å²) in [5.74, 6) is 0.322. The van der Waals surface area contributed by atoms with E-state index in [1.54, 1.807) is 24.3 Å². The van der Waals surface area contributed by atoms with E-state index in [-0.39, 0.29) is 51.0 Å². The summed E-state index contributed by atoms with van der Waals surface area (Å²) < 4.78 is 16.7. The Labute approximate surface area is 180 Å². The molecule has 7 nitrogen and oxygen atoms in total. The maximum atomic E-state index is 10.4. The molecule has 27 heavy (non-hydrogen) atoms. The van der Waals surface area contributed by atoms with Gasteiger partial charge in [0.05, 0.1) is 0 Å². The average Bonchev–Trinajstić information content (AvgIpc) is 2.55. The van der Waals surface area contributed by atoms with Crippen molar-refractivity contribution in [3.05, 3.63) is 30.3 Å². The number of hydrogen-bond donors (Lipinski definition) is 2. The summed E-state index contributed by atoms with van der Waals surface area (Å²) in [5.41, 5.74) is 0. The molecule has 1 rings (SSSR count). The van der Waals surface area contributed by atoms with Crippen LogP contribution in [0.3, 0.4) is 0 Å². The molecule has 0 aliphatic heterocycles. The molecule has 0 bridgehead atoms. The summed E-state index contributed by atoms with van der Waals surface area (Å²) in [7, 11) is -3.50. The molecule has 0 fully saturated rings. The second-order valence-corrected chi connectivity index (χ2v) is 7.62. The number of benzene rings is 1. The van der Waals surface area contributed by atoms with E-state index in [1.807, 2.05) is 47.6 Å². The Kier molecular flexibility index (Phi) is 24.1. The van der Waals surface area contributed by atoms with E-state index in [9.17, 15) is 4.80 Å². The molecule has 0 saturated carbocycles. The van der Waals surface area contributed by atoms with Gasteiger partial charge in [0.25, 0.3) is 0 Å². The van der Waals surface area contributed by atoms with Gasteiger partial charge in [-0.2, -0.15) is 0 Å². The van der Waals surface area contributed by atoms with Crippen molar-refractivity contribution < 1.29 is 55.9 Å². The first-order valence-electron chi connectivity index (χ1n) is 8.76. The van der Waals surface area contributed by atoms with Crippen LogP contribution in [0.5, 0.6) is 5.75 Å². The summed E-state index contributed by atoms with van der Waals surface area (Å²) in [6.07, 6.45) is 2.30. The third-order valence-electron chi connectivity index (χ3n) is 3.53. The Hall–Kier alpha value is -0.289. The molecule has 160 valence electrons. The van der Waals surface area contributed by atoms with Gasteiger partial charge in [0.2, 0.25) is 0 Å². The topological polar surface area (TPSA) is 131 Å². The first-order chi connectivity index (χ1) is 11.3. The van der Waals surface area contributed by atoms with Crippen LogP contribution in [-0.2, 0) is 35.0 Å². The second-order valence-electron chi connectivity index (χ2n) is 5.87. The van der Waals surface area contributed by atoms with Gasteiger partial charge in [0.1, 0.15) is 5.75 Å². The average molecular weight is 442 g/mol. The number of phenols is 1. The molecular weight excluding hydrogens is 404 g/mol. The zero-order chi connectivity index (χ0) is 18.6. The molecule has 0 spiro atoms. The van der Waals surface area contributed by atoms with Crippen molar-refractivity contribution in [3.8, 4) is 5.75 Å². The van der Waals surface area contributed by atoms with E-state index in [2.05, 4.69) is 0 Å². The van der Waals surface area contributed by atoms with E-state index in [0.717, 1.165) is 19.3 Å². The van der Waals surface area contributed by atoms with Gasteiger partial charge in [-0.25, -0.2) is 0 Å². The number of hydrogen-bond acceptors (Lipinski definition) is 5. The second kappa shape index (κ2) is 19.0. The van der Waals surface area contributed by atoms with Crippen molar-refractivity contribution >= 4 is 9.05 Å². The minimum Gasteiger partial charge on any atom is -0.508 e. The van der Waals surface area contributed by atoms with Crippen LogP contribution in [0.25, 0.3) is 0 Å². The smallest absolute Gasteiger partial charge is 0.508 e. The zero-order valence-corrected chi connectivity index (χ0v) is 19.9. The predicted octanol–water partition coefficient (Wildman–Crippen LogP) is 2.60. The number of para-hydroxylation sites is 1. The van der Waals surface area contributed by atoms with Crippen LogP contribution in [0.2, 0.25) is 0 Å². The monoisotopic (exact) mass is 442 g/mol. The molecule has 0 amide bonds. The predicted molar refractivity (Wildman–Crippen MR) is 106 cm³/mol. The molecule has 6 N–H and O–H groups in total. The maximum absolute atomic E-state index is 10.4. The molecule has 1 aromatic rings. The Morgan fingerprint density at radius 1 is 0.778 bits per heavy atom. The summed E-state index contributed by atoms with van der Waals surface area (Å²) in [6, 6.07) is 8.71. The van der Waals surface area contributed by atoms with Gasteiger partial charge < -0.3 is 34.1 Å². The van der Waals surface area contributed by atoms with E-state index in [1.165, 1.54) is 0 Å². The molecule has 0 aliphatic rings. The van der Waals surface area contributed by atoms with Crippen LogP contribution in [0.1, 0.15) is 60.8 Å². The van der Waals surface area contributed by atoms with E-state index < -0.39 is 9.05 Å². The van der Waals surface area contributed by atoms with Crippen molar-refractivity contribution in [2.24, 2.45) is 0 Å². The molecule has 1 aromatic carbocycles. The van der Waals surface area contributed by atoms with Gasteiger partial charge in [-0.15, -0.1) is 0 Å². The summed E-state index contributed by atoms with van der Waals surface area (Å²) in [6.45, 7) is 11.8. The molecular formula is C18H38O7SiTi. The summed E-state index contributed by atoms with van der Waals surface area (Å²) in [5, 5.41) is 8.63. The van der Waals surface area contributed by atoms with Crippen LogP contribution in [-0.4, -0.2) is 48.2 Å². The number of rotatable bonds is 9. The Balaban J connectivity index is -0.000000224. The van der Waals surface area contributed by atoms with Crippen molar-refractivity contribution in [1.82, 2.24) is 0 Å². The molecule has 0 radical (unpaired) electrons. The SMILES string of the molecule is CCC(C)O[Si](O)(OC(C)CC)OC(C)CC.O.O.Oc1ccccc1.[Ti]. The molecule has 0 heterocycles. The molecule has 0 saturated heterocycles. The van der Waals surface area contributed by atoms with Gasteiger partial charge in [0.15, 0.2) is 0 Å². The van der Waals surface area contributed by atoms with Gasteiger partial charge in [0, 0.05) is 40.0 Å². The summed E-state index contributed by atoms with van der Waals surface area (Å²) >= 11 is 0. The third-order valence-corrected chi connectivity index (χ3v) is 5.63. The van der Waals surface area contributed by atoms with Gasteiger partial charge in [-0.05, 0) is 52.2 Å². The zero-order valence-electron chi connectivity index (χ0n) is 17.4. The Morgan fingerprint density at radius 3 is 1.26 bits per heavy atom. The van der Waals surface area contributed by atoms with Crippen LogP contribution < -0.4 is 0 Å². The van der Waals surface area contributed by atoms with Gasteiger partial charge in [-0.1, -0.05) is 39.0 Å². The molecule has 9 heteroatoms. The number of phenolic OH excluding ortho intramolecular Hbond substituents is 1. The van der Waals surface area contributed by atoms with Crippen LogP contribution in [0.15, 0.2) is 30.3 Å². The maximum Gasteiger partial charge on any atom is 0.677 e. The minimum atomic E-state index is -3.50. The minimum absolute atomic E-state index is 0. The van der Waals surface area contributed by atoms with Crippen molar-refractivity contribution in [2.45, 2.75) is 79.1 Å². The van der Waals surface area contributed by atoms with Crippen LogP contribution in [0.4, 0.5) is 0 Å². The fraction of sp³-hybridized carbons (Fsp3) is 0.667. The van der Waals surface area contributed by atoms with E-state index in [4.69, 9.17) is 18.4 Å². The molecule has 3 unspecified atom stereocenters. The molecule has 0 aromatic heterocycles. The van der Waals surface area contributed by atoms with Crippen LogP contribution >= 0.6 is 0 Å². The van der Waals surface area contributed by atoms with E-state index in [0.29, 0.717) is 5.75 Å². The standard InChI is InChI=1S/C12H28O4Si.C6H6O.2H2O.Ti/c1-7-10(4)14-17(13,15-11(5)8-2)16-12(6)9-3;7-6-4-2-1-3-5-6;;;/h10-13H,7-9H2,1-6H3;1-5,7H;2*1H2;. The third kappa shape index (κ3) is 17.5. The number of aromatic hydroxyl groups is 1. The first kappa shape index (κ1) is 34.2. The molecule has 0 aliphatic carbocycles. The molecule has 3 atom stereocenters. The van der Waals surface area contributed by atoms with Gasteiger partial charge in [-0.3, -0.25) is 0 Å². The fourth-order valence-electron chi connectivity index (χ4n) is 1.52. The fourth-order valence-corrected chi connectivity index (χ4v) is 3.72. The van der Waals surface area contributed by atoms with Crippen LogP contribution in [0, 0.1) is 0 Å². The van der Waals surface area contributed by atoms with Gasteiger partial charge >= 0.3 is 9.05 Å². The Bertz CT molecular complexity index is 394. The Morgan fingerprint density at radius 2 is 1.07 bits per heavy atom. The quantitative estimate of drug-likeness (QED) is 0.568.